The number of rotatable bonds is 4. The lowest BCUT2D eigenvalue weighted by atomic mass is 9.87. The molecule has 1 N–H and O–H groups in total. The average molecular weight is 250 g/mol. The fourth-order valence-corrected chi connectivity index (χ4v) is 2.25. The van der Waals surface area contributed by atoms with Crippen LogP contribution in [0.5, 0.6) is 0 Å². The Hall–Kier alpha value is -1.49. The van der Waals surface area contributed by atoms with Gasteiger partial charge in [-0.2, -0.15) is 0 Å². The number of hydrogen-bond acceptors (Lipinski definition) is 4. The van der Waals surface area contributed by atoms with Gasteiger partial charge in [0.15, 0.2) is 5.82 Å². The molecule has 2 unspecified atom stereocenters. The highest BCUT2D eigenvalue weighted by Gasteiger charge is 2.26. The largest absolute Gasteiger partial charge is 0.481 e. The van der Waals surface area contributed by atoms with Crippen molar-refractivity contribution in [2.75, 3.05) is 6.61 Å². The lowest BCUT2D eigenvalue weighted by molar-refractivity contribution is -0.142. The van der Waals surface area contributed by atoms with Gasteiger partial charge in [0.05, 0.1) is 5.92 Å². The summed E-state index contributed by atoms with van der Waals surface area (Å²) in [6.45, 7) is 4.49. The van der Waals surface area contributed by atoms with Crippen molar-refractivity contribution in [2.24, 2.45) is 5.92 Å². The summed E-state index contributed by atoms with van der Waals surface area (Å²) in [5.74, 6) is -0.340. The van der Waals surface area contributed by atoms with Gasteiger partial charge in [-0.3, -0.25) is 4.79 Å². The van der Waals surface area contributed by atoms with E-state index in [0.717, 1.165) is 11.3 Å². The third kappa shape index (κ3) is 2.67. The highest BCUT2D eigenvalue weighted by atomic mass is 16.5. The Kier molecular flexibility index (Phi) is 3.91. The molecule has 98 valence electrons. The van der Waals surface area contributed by atoms with Crippen molar-refractivity contribution < 1.29 is 14.6 Å². The van der Waals surface area contributed by atoms with Crippen LogP contribution in [0.3, 0.4) is 0 Å². The van der Waals surface area contributed by atoms with Crippen LogP contribution >= 0.6 is 0 Å². The summed E-state index contributed by atoms with van der Waals surface area (Å²) in [5, 5.41) is 9.02. The van der Waals surface area contributed by atoms with Crippen LogP contribution in [0.2, 0.25) is 0 Å². The van der Waals surface area contributed by atoms with Gasteiger partial charge < -0.3 is 9.84 Å². The van der Waals surface area contributed by atoms with E-state index in [2.05, 4.69) is 9.97 Å². The molecule has 1 aliphatic rings. The molecule has 18 heavy (non-hydrogen) atoms. The molecular formula is C13H18N2O3. The molecule has 0 saturated heterocycles. The van der Waals surface area contributed by atoms with E-state index >= 15 is 0 Å². The summed E-state index contributed by atoms with van der Waals surface area (Å²) in [6.07, 6.45) is 3.54. The lowest BCUT2D eigenvalue weighted by Crippen LogP contribution is -2.24. The molecule has 0 fully saturated rings. The second-order valence-electron chi connectivity index (χ2n) is 4.58. The quantitative estimate of drug-likeness (QED) is 0.881. The summed E-state index contributed by atoms with van der Waals surface area (Å²) in [4.78, 5) is 19.7. The van der Waals surface area contributed by atoms with Gasteiger partial charge in [0, 0.05) is 18.5 Å². The minimum atomic E-state index is -0.729. The van der Waals surface area contributed by atoms with E-state index in [1.807, 2.05) is 13.8 Å². The molecule has 0 saturated carbocycles. The van der Waals surface area contributed by atoms with Gasteiger partial charge in [0.2, 0.25) is 0 Å². The van der Waals surface area contributed by atoms with Crippen LogP contribution < -0.4 is 0 Å². The van der Waals surface area contributed by atoms with E-state index in [1.165, 1.54) is 0 Å². The van der Waals surface area contributed by atoms with E-state index in [9.17, 15) is 4.79 Å². The third-order valence-corrected chi connectivity index (χ3v) is 3.30. The van der Waals surface area contributed by atoms with Gasteiger partial charge in [-0.25, -0.2) is 9.97 Å². The van der Waals surface area contributed by atoms with E-state index in [1.54, 1.807) is 6.20 Å². The molecule has 2 rings (SSSR count). The van der Waals surface area contributed by atoms with Crippen LogP contribution in [0, 0.1) is 5.92 Å². The zero-order valence-electron chi connectivity index (χ0n) is 10.7. The summed E-state index contributed by atoms with van der Waals surface area (Å²) in [7, 11) is 0. The molecule has 5 nitrogen and oxygen atoms in total. The molecule has 1 aliphatic carbocycles. The monoisotopic (exact) mass is 250 g/mol. The molecule has 1 aromatic heterocycles. The van der Waals surface area contributed by atoms with E-state index in [4.69, 9.17) is 9.84 Å². The fraction of sp³-hybridized carbons (Fsp3) is 0.615. The van der Waals surface area contributed by atoms with Crippen molar-refractivity contribution in [3.8, 4) is 0 Å². The zero-order chi connectivity index (χ0) is 13.1. The Balaban J connectivity index is 2.17. The Labute approximate surface area is 106 Å². The predicted octanol–water partition coefficient (Wildman–Crippen LogP) is 1.76. The molecule has 2 atom stereocenters. The van der Waals surface area contributed by atoms with E-state index < -0.39 is 5.97 Å². The molecular weight excluding hydrogens is 232 g/mol. The van der Waals surface area contributed by atoms with Crippen LogP contribution in [0.1, 0.15) is 43.5 Å². The number of aryl methyl sites for hydroxylation is 1. The van der Waals surface area contributed by atoms with Crippen LogP contribution in [-0.2, 0) is 22.4 Å². The first-order valence-corrected chi connectivity index (χ1v) is 6.31. The van der Waals surface area contributed by atoms with Gasteiger partial charge in [-0.1, -0.05) is 0 Å². The maximum Gasteiger partial charge on any atom is 0.306 e. The van der Waals surface area contributed by atoms with Crippen LogP contribution in [-0.4, -0.2) is 27.7 Å². The number of carboxylic acid groups (broad SMARTS) is 1. The first-order chi connectivity index (χ1) is 8.61. The van der Waals surface area contributed by atoms with Crippen molar-refractivity contribution in [1.29, 1.82) is 0 Å². The highest BCUT2D eigenvalue weighted by molar-refractivity contribution is 5.70. The minimum absolute atomic E-state index is 0.113. The normalized spacial score (nSPS) is 20.2. The molecule has 0 aromatic carbocycles. The maximum atomic E-state index is 11.0. The summed E-state index contributed by atoms with van der Waals surface area (Å²) in [5.41, 5.74) is 1.94. The summed E-state index contributed by atoms with van der Waals surface area (Å²) < 4.78 is 5.46. The SMILES string of the molecule is CCOC(C)c1ncc2c(n1)CCC(C(=O)O)C2. The average Bonchev–Trinajstić information content (AvgIpc) is 2.37. The van der Waals surface area contributed by atoms with Crippen molar-refractivity contribution in [3.63, 3.8) is 0 Å². The Bertz CT molecular complexity index is 448. The Morgan fingerprint density at radius 3 is 3.11 bits per heavy atom. The fourth-order valence-electron chi connectivity index (χ4n) is 2.25. The molecule has 0 bridgehead atoms. The summed E-state index contributed by atoms with van der Waals surface area (Å²) in [6, 6.07) is 0. The van der Waals surface area contributed by atoms with Crippen LogP contribution in [0.25, 0.3) is 0 Å². The first-order valence-electron chi connectivity index (χ1n) is 6.31. The highest BCUT2D eigenvalue weighted by Crippen LogP contribution is 2.25. The third-order valence-electron chi connectivity index (χ3n) is 3.30. The standard InChI is InChI=1S/C13H18N2O3/c1-3-18-8(2)12-14-7-10-6-9(13(16)17)4-5-11(10)15-12/h7-9H,3-6H2,1-2H3,(H,16,17). The number of ether oxygens (including phenoxy) is 1. The van der Waals surface area contributed by atoms with Gasteiger partial charge in [-0.05, 0) is 38.7 Å². The molecule has 1 aromatic rings. The van der Waals surface area contributed by atoms with Crippen LogP contribution in [0.4, 0.5) is 0 Å². The summed E-state index contributed by atoms with van der Waals surface area (Å²) >= 11 is 0. The molecule has 1 heterocycles. The maximum absolute atomic E-state index is 11.0. The zero-order valence-corrected chi connectivity index (χ0v) is 10.7. The number of carboxylic acids is 1. The number of aliphatic carboxylic acids is 1. The first kappa shape index (κ1) is 13.0. The van der Waals surface area contributed by atoms with E-state index in [0.29, 0.717) is 31.7 Å². The van der Waals surface area contributed by atoms with E-state index in [-0.39, 0.29) is 12.0 Å². The number of nitrogens with zero attached hydrogens (tertiary/aromatic N) is 2. The molecule has 0 spiro atoms. The number of aromatic nitrogens is 2. The Morgan fingerprint density at radius 1 is 1.67 bits per heavy atom. The van der Waals surface area contributed by atoms with Crippen molar-refractivity contribution in [1.82, 2.24) is 9.97 Å². The van der Waals surface area contributed by atoms with Gasteiger partial charge in [0.1, 0.15) is 6.10 Å². The van der Waals surface area contributed by atoms with Gasteiger partial charge in [0.25, 0.3) is 0 Å². The van der Waals surface area contributed by atoms with Gasteiger partial charge >= 0.3 is 5.97 Å². The minimum Gasteiger partial charge on any atom is -0.481 e. The van der Waals surface area contributed by atoms with Crippen molar-refractivity contribution in [3.05, 3.63) is 23.3 Å². The van der Waals surface area contributed by atoms with Crippen molar-refractivity contribution >= 4 is 5.97 Å². The molecule has 5 heteroatoms. The van der Waals surface area contributed by atoms with Gasteiger partial charge in [-0.15, -0.1) is 0 Å². The molecule has 0 radical (unpaired) electrons. The number of fused-ring (bicyclic) bond motifs is 1. The second-order valence-corrected chi connectivity index (χ2v) is 4.58. The topological polar surface area (TPSA) is 72.3 Å². The van der Waals surface area contributed by atoms with Crippen LogP contribution in [0.15, 0.2) is 6.20 Å². The molecule has 0 aliphatic heterocycles. The van der Waals surface area contributed by atoms with Crippen molar-refractivity contribution in [2.45, 2.75) is 39.2 Å². The lowest BCUT2D eigenvalue weighted by Gasteiger charge is -2.21. The molecule has 0 amide bonds. The Morgan fingerprint density at radius 2 is 2.44 bits per heavy atom. The predicted molar refractivity (Wildman–Crippen MR) is 65.2 cm³/mol. The smallest absolute Gasteiger partial charge is 0.306 e. The number of hydrogen-bond donors (Lipinski definition) is 1. The number of carbonyl (C=O) groups is 1. The second kappa shape index (κ2) is 5.44.